The largest absolute Gasteiger partial charge is 0.496 e. The number of anilines is 1. The number of ether oxygens (including phenoxy) is 1. The quantitative estimate of drug-likeness (QED) is 0.464. The molecule has 0 radical (unpaired) electrons. The number of nitrogens with zero attached hydrogens (tertiary/aromatic N) is 4. The van der Waals surface area contributed by atoms with Gasteiger partial charge in [0, 0.05) is 0 Å². The summed E-state index contributed by atoms with van der Waals surface area (Å²) >= 11 is 0. The number of carbonyl (C=O) groups is 1. The molecule has 0 spiro atoms. The molecule has 160 valence electrons. The Labute approximate surface area is 187 Å². The monoisotopic (exact) mass is 424 g/mol. The number of aryl methyl sites for hydroxylation is 1. The van der Waals surface area contributed by atoms with E-state index in [1.807, 2.05) is 35.0 Å². The fourth-order valence-electron chi connectivity index (χ4n) is 4.40. The summed E-state index contributed by atoms with van der Waals surface area (Å²) in [6, 6.07) is 25.7. The zero-order valence-electron chi connectivity index (χ0n) is 18.1. The number of methoxy groups -OCH3 is 1. The van der Waals surface area contributed by atoms with Crippen LogP contribution >= 0.6 is 0 Å². The molecular formula is C26H24N4O2. The highest BCUT2D eigenvalue weighted by atomic mass is 16.5. The van der Waals surface area contributed by atoms with E-state index >= 15 is 0 Å². The molecule has 1 aromatic heterocycles. The topological polar surface area (TPSA) is 60.2 Å². The van der Waals surface area contributed by atoms with Crippen molar-refractivity contribution in [2.24, 2.45) is 0 Å². The molecule has 0 fully saturated rings. The number of para-hydroxylation sites is 1. The average Bonchev–Trinajstić information content (AvgIpc) is 3.33. The van der Waals surface area contributed by atoms with E-state index in [9.17, 15) is 4.79 Å². The van der Waals surface area contributed by atoms with Crippen molar-refractivity contribution < 1.29 is 9.53 Å². The minimum Gasteiger partial charge on any atom is -0.496 e. The van der Waals surface area contributed by atoms with Crippen LogP contribution in [-0.2, 0) is 0 Å². The van der Waals surface area contributed by atoms with Gasteiger partial charge in [0.25, 0.3) is 5.91 Å². The van der Waals surface area contributed by atoms with Gasteiger partial charge in [-0.15, -0.1) is 0 Å². The van der Waals surface area contributed by atoms with Crippen molar-refractivity contribution in [3.8, 4) is 5.75 Å². The lowest BCUT2D eigenvalue weighted by Gasteiger charge is -2.39. The molecule has 1 amide bonds. The predicted molar refractivity (Wildman–Crippen MR) is 123 cm³/mol. The number of rotatable bonds is 4. The van der Waals surface area contributed by atoms with E-state index in [0.717, 1.165) is 11.1 Å². The van der Waals surface area contributed by atoms with Crippen LogP contribution in [0.4, 0.5) is 5.95 Å². The molecule has 5 rings (SSSR count). The lowest BCUT2D eigenvalue weighted by atomic mass is 9.91. The van der Waals surface area contributed by atoms with Gasteiger partial charge in [-0.05, 0) is 36.6 Å². The van der Waals surface area contributed by atoms with Gasteiger partial charge in [0.1, 0.15) is 12.1 Å². The van der Waals surface area contributed by atoms with Crippen molar-refractivity contribution in [3.63, 3.8) is 0 Å². The van der Waals surface area contributed by atoms with Gasteiger partial charge in [0.15, 0.2) is 0 Å². The number of hydrogen-bond donors (Lipinski definition) is 0. The van der Waals surface area contributed by atoms with Crippen molar-refractivity contribution in [1.82, 2.24) is 14.8 Å². The number of benzene rings is 3. The summed E-state index contributed by atoms with van der Waals surface area (Å²) in [6.45, 7) is 2.06. The molecule has 4 aromatic rings. The third-order valence-corrected chi connectivity index (χ3v) is 6.03. The maximum absolute atomic E-state index is 13.9. The van der Waals surface area contributed by atoms with Gasteiger partial charge in [-0.1, -0.05) is 72.3 Å². The average molecular weight is 425 g/mol. The van der Waals surface area contributed by atoms with Crippen LogP contribution in [0.2, 0.25) is 0 Å². The Hall–Kier alpha value is -3.93. The maximum atomic E-state index is 13.9. The molecule has 0 N–H and O–H groups in total. The third-order valence-electron chi connectivity index (χ3n) is 6.03. The van der Waals surface area contributed by atoms with Crippen LogP contribution in [0.15, 0.2) is 85.2 Å². The van der Waals surface area contributed by atoms with Gasteiger partial charge in [0.05, 0.1) is 24.8 Å². The van der Waals surface area contributed by atoms with Crippen LogP contribution in [0.25, 0.3) is 0 Å². The van der Waals surface area contributed by atoms with E-state index in [2.05, 4.69) is 53.4 Å². The summed E-state index contributed by atoms with van der Waals surface area (Å²) in [5, 5.41) is 4.51. The number of amides is 1. The summed E-state index contributed by atoms with van der Waals surface area (Å²) < 4.78 is 7.34. The van der Waals surface area contributed by atoms with Crippen molar-refractivity contribution >= 4 is 11.9 Å². The Morgan fingerprint density at radius 1 is 0.906 bits per heavy atom. The van der Waals surface area contributed by atoms with Gasteiger partial charge < -0.3 is 4.74 Å². The van der Waals surface area contributed by atoms with E-state index in [4.69, 9.17) is 4.74 Å². The van der Waals surface area contributed by atoms with Crippen molar-refractivity contribution in [2.75, 3.05) is 12.0 Å². The Balaban J connectivity index is 1.66. The fourth-order valence-corrected chi connectivity index (χ4v) is 4.40. The molecule has 0 bridgehead atoms. The molecule has 1 aliphatic heterocycles. The van der Waals surface area contributed by atoms with Crippen molar-refractivity contribution in [3.05, 3.63) is 107 Å². The van der Waals surface area contributed by atoms with Crippen LogP contribution < -0.4 is 9.64 Å². The van der Waals surface area contributed by atoms with Crippen LogP contribution in [0.1, 0.15) is 45.6 Å². The second-order valence-electron chi connectivity index (χ2n) is 7.97. The minimum atomic E-state index is -0.199. The van der Waals surface area contributed by atoms with Crippen molar-refractivity contribution in [2.45, 2.75) is 25.4 Å². The van der Waals surface area contributed by atoms with Gasteiger partial charge in [-0.3, -0.25) is 9.69 Å². The first kappa shape index (κ1) is 20.0. The second-order valence-corrected chi connectivity index (χ2v) is 7.97. The molecule has 3 aromatic carbocycles. The first-order chi connectivity index (χ1) is 15.7. The van der Waals surface area contributed by atoms with E-state index in [-0.39, 0.29) is 18.0 Å². The zero-order valence-corrected chi connectivity index (χ0v) is 18.1. The highest BCUT2D eigenvalue weighted by molar-refractivity contribution is 6.07. The Morgan fingerprint density at radius 3 is 2.34 bits per heavy atom. The van der Waals surface area contributed by atoms with E-state index in [0.29, 0.717) is 23.7 Å². The Morgan fingerprint density at radius 2 is 1.59 bits per heavy atom. The first-order valence-electron chi connectivity index (χ1n) is 10.6. The summed E-state index contributed by atoms with van der Waals surface area (Å²) in [5.74, 6) is 0.914. The summed E-state index contributed by atoms with van der Waals surface area (Å²) in [6.07, 6.45) is 2.20. The Kier molecular flexibility index (Phi) is 5.19. The molecule has 0 aliphatic carbocycles. The highest BCUT2D eigenvalue weighted by Gasteiger charge is 2.40. The van der Waals surface area contributed by atoms with Gasteiger partial charge in [-0.25, -0.2) is 4.68 Å². The summed E-state index contributed by atoms with van der Waals surface area (Å²) in [5.41, 5.74) is 3.88. The molecule has 0 saturated heterocycles. The van der Waals surface area contributed by atoms with Crippen molar-refractivity contribution in [1.29, 1.82) is 0 Å². The second kappa shape index (κ2) is 8.30. The molecule has 32 heavy (non-hydrogen) atoms. The molecule has 2 heterocycles. The fraction of sp³-hybridized carbons (Fsp3) is 0.192. The smallest absolute Gasteiger partial charge is 0.264 e. The molecule has 0 saturated carbocycles. The standard InChI is InChI=1S/C26H24N4O2/c1-18-12-14-20(15-13-18)22-16-23(19-8-4-3-5-9-19)30-26(27-17-28-30)29(22)25(31)21-10-6-7-11-24(21)32-2/h3-15,17,22-23H,16H2,1-2H3/t22-,23+/m1/s1. The Bertz CT molecular complexity index is 1230. The molecule has 6 heteroatoms. The van der Waals surface area contributed by atoms with Gasteiger partial charge >= 0.3 is 0 Å². The van der Waals surface area contributed by atoms with Crippen LogP contribution in [0, 0.1) is 6.92 Å². The van der Waals surface area contributed by atoms with Crippen LogP contribution in [0.5, 0.6) is 5.75 Å². The number of hydrogen-bond acceptors (Lipinski definition) is 4. The number of aromatic nitrogens is 3. The highest BCUT2D eigenvalue weighted by Crippen LogP contribution is 2.43. The summed E-state index contributed by atoms with van der Waals surface area (Å²) in [7, 11) is 1.58. The van der Waals surface area contributed by atoms with Gasteiger partial charge in [-0.2, -0.15) is 10.1 Å². The van der Waals surface area contributed by atoms with Gasteiger partial charge in [0.2, 0.25) is 5.95 Å². The molecular weight excluding hydrogens is 400 g/mol. The van der Waals surface area contributed by atoms with E-state index < -0.39 is 0 Å². The molecule has 0 unspecified atom stereocenters. The summed E-state index contributed by atoms with van der Waals surface area (Å²) in [4.78, 5) is 20.2. The van der Waals surface area contributed by atoms with E-state index in [1.165, 1.54) is 11.9 Å². The minimum absolute atomic E-state index is 0.0262. The van der Waals surface area contributed by atoms with Crippen LogP contribution in [-0.4, -0.2) is 27.8 Å². The lowest BCUT2D eigenvalue weighted by molar-refractivity contribution is 0.0960. The SMILES string of the molecule is COc1ccccc1C(=O)N1c2ncnn2[C@H](c2ccccc2)C[C@@H]1c1ccc(C)cc1. The molecule has 6 nitrogen and oxygen atoms in total. The lowest BCUT2D eigenvalue weighted by Crippen LogP contribution is -2.42. The number of carbonyl (C=O) groups excluding carboxylic acids is 1. The molecule has 1 aliphatic rings. The third kappa shape index (κ3) is 3.43. The maximum Gasteiger partial charge on any atom is 0.264 e. The normalized spacial score (nSPS) is 17.6. The number of fused-ring (bicyclic) bond motifs is 1. The predicted octanol–water partition coefficient (Wildman–Crippen LogP) is 4.98. The van der Waals surface area contributed by atoms with Crippen LogP contribution in [0.3, 0.4) is 0 Å². The first-order valence-corrected chi connectivity index (χ1v) is 10.6. The zero-order chi connectivity index (χ0) is 22.1. The van der Waals surface area contributed by atoms with E-state index in [1.54, 1.807) is 24.1 Å². The molecule has 2 atom stereocenters.